The first-order chi connectivity index (χ1) is 8.70. The zero-order valence-electron chi connectivity index (χ0n) is 11.5. The number of rotatable bonds is 3. The number of hydrogen-bond donors (Lipinski definition) is 2. The van der Waals surface area contributed by atoms with Crippen LogP contribution in [0, 0.1) is 5.92 Å². The van der Waals surface area contributed by atoms with E-state index in [1.165, 1.54) is 44.9 Å². The molecule has 0 bridgehead atoms. The maximum atomic E-state index is 12.2. The Balaban J connectivity index is 1.76. The molecule has 0 aromatic carbocycles. The largest absolute Gasteiger partial charge is 0.354 e. The van der Waals surface area contributed by atoms with Gasteiger partial charge in [0, 0.05) is 18.0 Å². The summed E-state index contributed by atoms with van der Waals surface area (Å²) in [5, 5.41) is 3.13. The van der Waals surface area contributed by atoms with Gasteiger partial charge in [-0.1, -0.05) is 44.9 Å². The minimum Gasteiger partial charge on any atom is -0.354 e. The van der Waals surface area contributed by atoms with Crippen LogP contribution >= 0.6 is 0 Å². The Morgan fingerprint density at radius 3 is 2.17 bits per heavy atom. The second-order valence-electron chi connectivity index (χ2n) is 6.33. The molecule has 0 saturated heterocycles. The van der Waals surface area contributed by atoms with Gasteiger partial charge in [0.15, 0.2) is 0 Å². The van der Waals surface area contributed by atoms with E-state index in [9.17, 15) is 4.79 Å². The van der Waals surface area contributed by atoms with E-state index in [1.54, 1.807) is 0 Å². The minimum absolute atomic E-state index is 0.126. The molecule has 0 aliphatic heterocycles. The molecule has 0 radical (unpaired) electrons. The highest BCUT2D eigenvalue weighted by Crippen LogP contribution is 2.26. The maximum Gasteiger partial charge on any atom is 0.223 e. The van der Waals surface area contributed by atoms with Gasteiger partial charge in [0.2, 0.25) is 5.91 Å². The first kappa shape index (κ1) is 13.9. The molecule has 2 saturated carbocycles. The average molecular weight is 252 g/mol. The van der Waals surface area contributed by atoms with Gasteiger partial charge in [-0.05, 0) is 25.7 Å². The Labute approximate surface area is 111 Å². The van der Waals surface area contributed by atoms with E-state index in [2.05, 4.69) is 5.32 Å². The lowest BCUT2D eigenvalue weighted by Crippen LogP contribution is -2.52. The number of nitrogens with two attached hydrogens (primary N) is 1. The van der Waals surface area contributed by atoms with Crippen LogP contribution in [0.4, 0.5) is 0 Å². The molecule has 104 valence electrons. The van der Waals surface area contributed by atoms with Crippen LogP contribution in [0.25, 0.3) is 0 Å². The highest BCUT2D eigenvalue weighted by molar-refractivity contribution is 5.78. The SMILES string of the molecule is NC1(CNC(=O)C2CCCCCC2)CCCCC1. The summed E-state index contributed by atoms with van der Waals surface area (Å²) in [6.07, 6.45) is 13.0. The summed E-state index contributed by atoms with van der Waals surface area (Å²) in [7, 11) is 0. The van der Waals surface area contributed by atoms with E-state index >= 15 is 0 Å². The van der Waals surface area contributed by atoms with Crippen molar-refractivity contribution < 1.29 is 4.79 Å². The Morgan fingerprint density at radius 1 is 1.00 bits per heavy atom. The molecule has 0 aromatic rings. The van der Waals surface area contributed by atoms with Gasteiger partial charge in [-0.3, -0.25) is 4.79 Å². The van der Waals surface area contributed by atoms with Crippen LogP contribution in [0.15, 0.2) is 0 Å². The number of carbonyl (C=O) groups excluding carboxylic acids is 1. The summed E-state index contributed by atoms with van der Waals surface area (Å²) < 4.78 is 0. The monoisotopic (exact) mass is 252 g/mol. The van der Waals surface area contributed by atoms with Crippen molar-refractivity contribution in [2.24, 2.45) is 11.7 Å². The standard InChI is InChI=1S/C15H28N2O/c16-15(10-6-3-7-11-15)12-17-14(18)13-8-4-1-2-5-9-13/h13H,1-12,16H2,(H,17,18). The maximum absolute atomic E-state index is 12.2. The fraction of sp³-hybridized carbons (Fsp3) is 0.933. The number of amides is 1. The van der Waals surface area contributed by atoms with Gasteiger partial charge in [0.1, 0.15) is 0 Å². The van der Waals surface area contributed by atoms with Crippen molar-refractivity contribution in [3.05, 3.63) is 0 Å². The topological polar surface area (TPSA) is 55.1 Å². The molecule has 2 fully saturated rings. The van der Waals surface area contributed by atoms with Crippen molar-refractivity contribution in [1.82, 2.24) is 5.32 Å². The Hall–Kier alpha value is -0.570. The van der Waals surface area contributed by atoms with Crippen molar-refractivity contribution >= 4 is 5.91 Å². The van der Waals surface area contributed by atoms with E-state index in [1.807, 2.05) is 0 Å². The zero-order valence-corrected chi connectivity index (χ0v) is 11.5. The zero-order chi connectivity index (χ0) is 12.8. The van der Waals surface area contributed by atoms with E-state index in [0.29, 0.717) is 6.54 Å². The average Bonchev–Trinajstić information content (AvgIpc) is 2.66. The van der Waals surface area contributed by atoms with Crippen LogP contribution in [0.3, 0.4) is 0 Å². The summed E-state index contributed by atoms with van der Waals surface area (Å²) in [6, 6.07) is 0. The highest BCUT2D eigenvalue weighted by Gasteiger charge is 2.29. The van der Waals surface area contributed by atoms with Crippen molar-refractivity contribution in [1.29, 1.82) is 0 Å². The fourth-order valence-corrected chi connectivity index (χ4v) is 3.38. The lowest BCUT2D eigenvalue weighted by molar-refractivity contribution is -0.125. The summed E-state index contributed by atoms with van der Waals surface area (Å²) in [4.78, 5) is 12.2. The predicted octanol–water partition coefficient (Wildman–Crippen LogP) is 2.73. The van der Waals surface area contributed by atoms with E-state index in [4.69, 9.17) is 5.73 Å². The molecule has 2 aliphatic carbocycles. The lowest BCUT2D eigenvalue weighted by atomic mass is 9.82. The Kier molecular flexibility index (Phi) is 5.04. The van der Waals surface area contributed by atoms with Gasteiger partial charge in [0.05, 0.1) is 0 Å². The Bertz CT molecular complexity index is 264. The highest BCUT2D eigenvalue weighted by atomic mass is 16.1. The molecule has 0 aromatic heterocycles. The summed E-state index contributed by atoms with van der Waals surface area (Å²) in [5.41, 5.74) is 6.23. The summed E-state index contributed by atoms with van der Waals surface area (Å²) >= 11 is 0. The Morgan fingerprint density at radius 2 is 1.56 bits per heavy atom. The van der Waals surface area contributed by atoms with Crippen molar-refractivity contribution in [2.45, 2.75) is 76.2 Å². The molecule has 18 heavy (non-hydrogen) atoms. The van der Waals surface area contributed by atoms with Crippen LogP contribution < -0.4 is 11.1 Å². The van der Waals surface area contributed by atoms with Crippen molar-refractivity contribution in [2.75, 3.05) is 6.54 Å². The minimum atomic E-state index is -0.126. The van der Waals surface area contributed by atoms with Gasteiger partial charge in [-0.2, -0.15) is 0 Å². The molecule has 0 unspecified atom stereocenters. The summed E-state index contributed by atoms with van der Waals surface area (Å²) in [6.45, 7) is 0.683. The molecule has 0 heterocycles. The summed E-state index contributed by atoms with van der Waals surface area (Å²) in [5.74, 6) is 0.506. The molecule has 3 heteroatoms. The third kappa shape index (κ3) is 3.98. The van der Waals surface area contributed by atoms with Crippen molar-refractivity contribution in [3.8, 4) is 0 Å². The molecule has 1 amide bonds. The first-order valence-electron chi connectivity index (χ1n) is 7.76. The normalized spacial score (nSPS) is 25.4. The van der Waals surface area contributed by atoms with E-state index in [-0.39, 0.29) is 17.4 Å². The first-order valence-corrected chi connectivity index (χ1v) is 7.76. The molecule has 2 rings (SSSR count). The fourth-order valence-electron chi connectivity index (χ4n) is 3.38. The van der Waals surface area contributed by atoms with Gasteiger partial charge in [-0.15, -0.1) is 0 Å². The smallest absolute Gasteiger partial charge is 0.223 e. The second-order valence-corrected chi connectivity index (χ2v) is 6.33. The molecule has 3 nitrogen and oxygen atoms in total. The second kappa shape index (κ2) is 6.55. The molecule has 0 atom stereocenters. The number of nitrogens with one attached hydrogen (secondary N) is 1. The van der Waals surface area contributed by atoms with Crippen LogP contribution in [0.5, 0.6) is 0 Å². The molecule has 0 spiro atoms. The third-order valence-electron chi connectivity index (χ3n) is 4.69. The predicted molar refractivity (Wildman–Crippen MR) is 74.2 cm³/mol. The van der Waals surface area contributed by atoms with Gasteiger partial charge in [0.25, 0.3) is 0 Å². The molecule has 2 aliphatic rings. The van der Waals surface area contributed by atoms with Gasteiger partial charge in [-0.25, -0.2) is 0 Å². The van der Waals surface area contributed by atoms with Crippen LogP contribution in [-0.2, 0) is 4.79 Å². The quantitative estimate of drug-likeness (QED) is 0.759. The third-order valence-corrected chi connectivity index (χ3v) is 4.69. The van der Waals surface area contributed by atoms with Crippen LogP contribution in [0.2, 0.25) is 0 Å². The number of carbonyl (C=O) groups is 1. The molecular formula is C15H28N2O. The van der Waals surface area contributed by atoms with Gasteiger partial charge >= 0.3 is 0 Å². The molecular weight excluding hydrogens is 224 g/mol. The van der Waals surface area contributed by atoms with Crippen LogP contribution in [0.1, 0.15) is 70.6 Å². The number of hydrogen-bond acceptors (Lipinski definition) is 2. The van der Waals surface area contributed by atoms with Gasteiger partial charge < -0.3 is 11.1 Å². The van der Waals surface area contributed by atoms with Crippen molar-refractivity contribution in [3.63, 3.8) is 0 Å². The lowest BCUT2D eigenvalue weighted by Gasteiger charge is -2.34. The molecule has 3 N–H and O–H groups in total. The van der Waals surface area contributed by atoms with E-state index in [0.717, 1.165) is 25.7 Å². The van der Waals surface area contributed by atoms with E-state index < -0.39 is 0 Å². The van der Waals surface area contributed by atoms with Crippen LogP contribution in [-0.4, -0.2) is 18.0 Å².